The molecule has 0 aliphatic heterocycles. The number of carbonyl (C=O) groups excluding carboxylic acids is 1. The predicted molar refractivity (Wildman–Crippen MR) is 133 cm³/mol. The maximum Gasteiger partial charge on any atom is 0.352 e. The Bertz CT molecular complexity index is 1060. The summed E-state index contributed by atoms with van der Waals surface area (Å²) in [5.41, 5.74) is 7.11. The summed E-state index contributed by atoms with van der Waals surface area (Å²) in [5.74, 6) is 12.1. The Morgan fingerprint density at radius 2 is 1.82 bits per heavy atom. The number of ether oxygens (including phenoxy) is 1. The van der Waals surface area contributed by atoms with Crippen molar-refractivity contribution < 1.29 is 9.53 Å². The maximum absolute atomic E-state index is 12.2. The van der Waals surface area contributed by atoms with Crippen LogP contribution in [-0.2, 0) is 24.2 Å². The molecule has 0 aromatic heterocycles. The van der Waals surface area contributed by atoms with Crippen molar-refractivity contribution in [3.63, 3.8) is 0 Å². The number of urea groups is 1. The Morgan fingerprint density at radius 1 is 1.09 bits per heavy atom. The normalized spacial score (nSPS) is 14.0. The SMILES string of the molecule is CC/C(=N/N=C(C)c1cccc2c1CCCC2)OCc1c(C)cccc1N(N)C(=O)N(C)N. The fourth-order valence-corrected chi connectivity index (χ4v) is 4.04. The van der Waals surface area contributed by atoms with E-state index in [4.69, 9.17) is 16.4 Å². The second-order valence-electron chi connectivity index (χ2n) is 8.31. The highest BCUT2D eigenvalue weighted by Crippen LogP contribution is 2.26. The van der Waals surface area contributed by atoms with Crippen molar-refractivity contribution >= 4 is 23.3 Å². The van der Waals surface area contributed by atoms with Crippen molar-refractivity contribution in [3.05, 3.63) is 64.2 Å². The molecule has 2 aromatic rings. The zero-order chi connectivity index (χ0) is 24.0. The minimum absolute atomic E-state index is 0.208. The molecule has 2 amide bonds. The third kappa shape index (κ3) is 5.77. The van der Waals surface area contributed by atoms with Crippen molar-refractivity contribution in [2.45, 2.75) is 59.5 Å². The van der Waals surface area contributed by atoms with E-state index in [0.29, 0.717) is 18.0 Å². The van der Waals surface area contributed by atoms with Crippen LogP contribution < -0.4 is 16.7 Å². The van der Waals surface area contributed by atoms with Gasteiger partial charge >= 0.3 is 6.03 Å². The Labute approximate surface area is 195 Å². The molecule has 8 heteroatoms. The third-order valence-electron chi connectivity index (χ3n) is 5.94. The summed E-state index contributed by atoms with van der Waals surface area (Å²) >= 11 is 0. The van der Waals surface area contributed by atoms with E-state index in [-0.39, 0.29) is 6.61 Å². The van der Waals surface area contributed by atoms with Crippen LogP contribution in [0, 0.1) is 6.92 Å². The quantitative estimate of drug-likeness (QED) is 0.226. The molecule has 33 heavy (non-hydrogen) atoms. The molecule has 0 bridgehead atoms. The zero-order valence-electron chi connectivity index (χ0n) is 20.0. The number of aryl methyl sites for hydroxylation is 2. The van der Waals surface area contributed by atoms with Gasteiger partial charge in [-0.1, -0.05) is 37.3 Å². The molecular weight excluding hydrogens is 416 g/mol. The topological polar surface area (TPSA) is 110 Å². The van der Waals surface area contributed by atoms with Gasteiger partial charge in [-0.05, 0) is 62.3 Å². The average molecular weight is 451 g/mol. The molecule has 0 spiro atoms. The van der Waals surface area contributed by atoms with Gasteiger partial charge < -0.3 is 4.74 Å². The maximum atomic E-state index is 12.2. The predicted octanol–water partition coefficient (Wildman–Crippen LogP) is 4.23. The van der Waals surface area contributed by atoms with Crippen LogP contribution in [0.4, 0.5) is 10.5 Å². The number of hydrazine groups is 2. The molecule has 0 unspecified atom stereocenters. The molecular formula is C25H34N6O2. The van der Waals surface area contributed by atoms with Gasteiger partial charge in [0.05, 0.1) is 11.4 Å². The Hall–Kier alpha value is -3.23. The highest BCUT2D eigenvalue weighted by molar-refractivity contribution is 6.00. The molecule has 4 N–H and O–H groups in total. The molecule has 0 saturated carbocycles. The lowest BCUT2D eigenvalue weighted by Gasteiger charge is -2.24. The molecule has 0 saturated heterocycles. The van der Waals surface area contributed by atoms with Crippen LogP contribution in [0.15, 0.2) is 46.6 Å². The number of benzene rings is 2. The molecule has 0 atom stereocenters. The van der Waals surface area contributed by atoms with E-state index in [1.807, 2.05) is 32.9 Å². The van der Waals surface area contributed by atoms with Crippen LogP contribution in [0.25, 0.3) is 0 Å². The standard InChI is InChI=1S/C25H34N6O2/c1-5-24(29-28-18(3)20-14-9-12-19-11-6-7-13-21(19)20)33-16-22-17(2)10-8-15-23(22)31(27)25(32)30(4)26/h8-10,12,14-15H,5-7,11,13,16,26-27H2,1-4H3/b28-18?,29-24-. The summed E-state index contributed by atoms with van der Waals surface area (Å²) in [7, 11) is 1.44. The van der Waals surface area contributed by atoms with Crippen molar-refractivity contribution in [2.75, 3.05) is 12.1 Å². The van der Waals surface area contributed by atoms with Crippen LogP contribution in [0.5, 0.6) is 0 Å². The van der Waals surface area contributed by atoms with E-state index >= 15 is 0 Å². The van der Waals surface area contributed by atoms with E-state index in [0.717, 1.165) is 45.3 Å². The monoisotopic (exact) mass is 450 g/mol. The molecule has 0 heterocycles. The largest absolute Gasteiger partial charge is 0.475 e. The van der Waals surface area contributed by atoms with E-state index in [2.05, 4.69) is 28.4 Å². The first-order valence-electron chi connectivity index (χ1n) is 11.3. The zero-order valence-corrected chi connectivity index (χ0v) is 20.0. The van der Waals surface area contributed by atoms with Gasteiger partial charge in [-0.15, -0.1) is 5.10 Å². The molecule has 3 rings (SSSR count). The molecule has 1 aliphatic carbocycles. The van der Waals surface area contributed by atoms with Gasteiger partial charge in [0.25, 0.3) is 0 Å². The van der Waals surface area contributed by atoms with E-state index in [1.165, 1.54) is 31.0 Å². The van der Waals surface area contributed by atoms with Gasteiger partial charge in [0.1, 0.15) is 6.61 Å². The lowest BCUT2D eigenvalue weighted by Crippen LogP contribution is -2.49. The van der Waals surface area contributed by atoms with Gasteiger partial charge in [-0.2, -0.15) is 5.10 Å². The fraction of sp³-hybridized carbons (Fsp3) is 0.400. The lowest BCUT2D eigenvalue weighted by atomic mass is 9.87. The smallest absolute Gasteiger partial charge is 0.352 e. The Morgan fingerprint density at radius 3 is 2.55 bits per heavy atom. The number of rotatable bonds is 6. The van der Waals surface area contributed by atoms with Gasteiger partial charge in [0.15, 0.2) is 0 Å². The number of nitrogens with zero attached hydrogens (tertiary/aromatic N) is 4. The van der Waals surface area contributed by atoms with Crippen LogP contribution in [0.1, 0.15) is 60.9 Å². The number of nitrogens with two attached hydrogens (primary N) is 2. The van der Waals surface area contributed by atoms with Crippen LogP contribution >= 0.6 is 0 Å². The average Bonchev–Trinajstić information content (AvgIpc) is 2.83. The highest BCUT2D eigenvalue weighted by Gasteiger charge is 2.19. The number of hydrogen-bond acceptors (Lipinski definition) is 6. The summed E-state index contributed by atoms with van der Waals surface area (Å²) in [6.45, 7) is 6.10. The van der Waals surface area contributed by atoms with E-state index in [1.54, 1.807) is 6.07 Å². The summed E-state index contributed by atoms with van der Waals surface area (Å²) < 4.78 is 5.99. The van der Waals surface area contributed by atoms with Crippen molar-refractivity contribution in [1.82, 2.24) is 5.01 Å². The first-order chi connectivity index (χ1) is 15.8. The van der Waals surface area contributed by atoms with E-state index < -0.39 is 6.03 Å². The molecule has 1 aliphatic rings. The minimum Gasteiger partial charge on any atom is -0.475 e. The first kappa shape index (κ1) is 24.4. The summed E-state index contributed by atoms with van der Waals surface area (Å²) in [6.07, 6.45) is 5.25. The second-order valence-corrected chi connectivity index (χ2v) is 8.31. The second kappa shape index (κ2) is 11.1. The Kier molecular flexibility index (Phi) is 8.19. The van der Waals surface area contributed by atoms with Crippen molar-refractivity contribution in [2.24, 2.45) is 21.9 Å². The van der Waals surface area contributed by atoms with Gasteiger partial charge in [-0.25, -0.2) is 21.5 Å². The van der Waals surface area contributed by atoms with Gasteiger partial charge in [0, 0.05) is 24.6 Å². The molecule has 8 nitrogen and oxygen atoms in total. The van der Waals surface area contributed by atoms with E-state index in [9.17, 15) is 4.79 Å². The number of amides is 2. The minimum atomic E-state index is -0.530. The highest BCUT2D eigenvalue weighted by atomic mass is 16.5. The number of carbonyl (C=O) groups is 1. The van der Waals surface area contributed by atoms with Gasteiger partial charge in [-0.3, -0.25) is 5.01 Å². The third-order valence-corrected chi connectivity index (χ3v) is 5.94. The van der Waals surface area contributed by atoms with Crippen LogP contribution in [0.2, 0.25) is 0 Å². The first-order valence-corrected chi connectivity index (χ1v) is 11.3. The summed E-state index contributed by atoms with van der Waals surface area (Å²) in [4.78, 5) is 12.2. The number of anilines is 1. The molecule has 0 fully saturated rings. The molecule has 0 radical (unpaired) electrons. The number of hydrogen-bond donors (Lipinski definition) is 2. The number of fused-ring (bicyclic) bond motifs is 1. The van der Waals surface area contributed by atoms with Crippen molar-refractivity contribution in [1.29, 1.82) is 0 Å². The summed E-state index contributed by atoms with van der Waals surface area (Å²) in [5, 5.41) is 10.8. The Balaban J connectivity index is 1.79. The van der Waals surface area contributed by atoms with Crippen LogP contribution in [0.3, 0.4) is 0 Å². The molecule has 176 valence electrons. The lowest BCUT2D eigenvalue weighted by molar-refractivity contribution is 0.216. The van der Waals surface area contributed by atoms with Gasteiger partial charge in [0.2, 0.25) is 5.90 Å². The fourth-order valence-electron chi connectivity index (χ4n) is 4.04. The summed E-state index contributed by atoms with van der Waals surface area (Å²) in [6, 6.07) is 11.4. The van der Waals surface area contributed by atoms with Crippen molar-refractivity contribution in [3.8, 4) is 0 Å². The molecule has 2 aromatic carbocycles. The van der Waals surface area contributed by atoms with Crippen LogP contribution in [-0.4, -0.2) is 29.7 Å².